The number of ether oxygens (including phenoxy) is 2. The molecule has 0 aliphatic carbocycles. The molecular weight excluding hydrogens is 472 g/mol. The number of hydrogen-bond donors (Lipinski definition) is 3. The summed E-state index contributed by atoms with van der Waals surface area (Å²) in [4.78, 5) is 16.3. The molecule has 0 aliphatic heterocycles. The predicted molar refractivity (Wildman–Crippen MR) is 127 cm³/mol. The topological polar surface area (TPSA) is 119 Å². The van der Waals surface area contributed by atoms with Crippen molar-refractivity contribution in [1.82, 2.24) is 10.3 Å². The summed E-state index contributed by atoms with van der Waals surface area (Å²) in [5.74, 6) is 0.233. The van der Waals surface area contributed by atoms with Gasteiger partial charge in [0, 0.05) is 29.9 Å². The van der Waals surface area contributed by atoms with Crippen LogP contribution in [0, 0.1) is 0 Å². The molecular formula is C20H20N4O5S3. The molecule has 1 amide bonds. The molecule has 1 aromatic heterocycles. The van der Waals surface area contributed by atoms with Gasteiger partial charge in [-0.25, -0.2) is 13.4 Å². The predicted octanol–water partition coefficient (Wildman–Crippen LogP) is 3.10. The Hall–Kier alpha value is -3.06. The second-order valence-corrected chi connectivity index (χ2v) is 9.23. The number of thiazole rings is 1. The highest BCUT2D eigenvalue weighted by Gasteiger charge is 2.15. The molecule has 12 heteroatoms. The maximum atomic E-state index is 12.4. The van der Waals surface area contributed by atoms with Crippen LogP contribution in [0.25, 0.3) is 0 Å². The summed E-state index contributed by atoms with van der Waals surface area (Å²) in [5.41, 5.74) is 0.924. The number of thiocarbonyl (C=S) groups is 1. The molecule has 0 unspecified atom stereocenters. The first-order valence-electron chi connectivity index (χ1n) is 9.24. The van der Waals surface area contributed by atoms with Gasteiger partial charge in [-0.2, -0.15) is 0 Å². The normalized spacial score (nSPS) is 10.9. The van der Waals surface area contributed by atoms with E-state index in [1.165, 1.54) is 29.7 Å². The molecule has 168 valence electrons. The van der Waals surface area contributed by atoms with E-state index in [1.807, 2.05) is 0 Å². The van der Waals surface area contributed by atoms with Crippen LogP contribution in [-0.4, -0.2) is 44.7 Å². The van der Waals surface area contributed by atoms with Crippen LogP contribution >= 0.6 is 23.6 Å². The summed E-state index contributed by atoms with van der Waals surface area (Å²) >= 11 is 6.35. The van der Waals surface area contributed by atoms with E-state index < -0.39 is 15.9 Å². The maximum absolute atomic E-state index is 12.4. The van der Waals surface area contributed by atoms with Crippen LogP contribution in [0.1, 0.15) is 10.4 Å². The van der Waals surface area contributed by atoms with E-state index in [-0.39, 0.29) is 15.1 Å². The molecule has 9 nitrogen and oxygen atoms in total. The van der Waals surface area contributed by atoms with Gasteiger partial charge in [0.25, 0.3) is 15.9 Å². The van der Waals surface area contributed by atoms with Crippen LogP contribution in [0.15, 0.2) is 65.0 Å². The van der Waals surface area contributed by atoms with E-state index in [2.05, 4.69) is 20.3 Å². The van der Waals surface area contributed by atoms with Gasteiger partial charge < -0.3 is 14.8 Å². The van der Waals surface area contributed by atoms with Crippen LogP contribution in [0.5, 0.6) is 5.75 Å². The molecule has 0 aliphatic rings. The molecule has 0 bridgehead atoms. The summed E-state index contributed by atoms with van der Waals surface area (Å²) in [6.45, 7) is 0.883. The monoisotopic (exact) mass is 492 g/mol. The van der Waals surface area contributed by atoms with Crippen LogP contribution in [0.2, 0.25) is 0 Å². The van der Waals surface area contributed by atoms with Crippen molar-refractivity contribution in [2.24, 2.45) is 0 Å². The van der Waals surface area contributed by atoms with Gasteiger partial charge in [0.1, 0.15) is 12.4 Å². The first kappa shape index (κ1) is 23.6. The number of anilines is 2. The molecule has 3 aromatic rings. The van der Waals surface area contributed by atoms with Crippen molar-refractivity contribution in [1.29, 1.82) is 0 Å². The van der Waals surface area contributed by atoms with Crippen molar-refractivity contribution < 1.29 is 22.7 Å². The fourth-order valence-electron chi connectivity index (χ4n) is 2.45. The SMILES string of the molecule is COCCOc1ccc(C(=O)NC(=S)Nc2ccc(S(=O)(=O)Nc3nccs3)cc2)cc1. The number of nitrogens with zero attached hydrogens (tertiary/aromatic N) is 1. The number of methoxy groups -OCH3 is 1. The Morgan fingerprint density at radius 2 is 1.81 bits per heavy atom. The number of benzene rings is 2. The quantitative estimate of drug-likeness (QED) is 0.308. The highest BCUT2D eigenvalue weighted by molar-refractivity contribution is 7.93. The lowest BCUT2D eigenvalue weighted by Crippen LogP contribution is -2.34. The molecule has 0 fully saturated rings. The molecule has 0 radical (unpaired) electrons. The van der Waals surface area contributed by atoms with Gasteiger partial charge in [0.2, 0.25) is 0 Å². The minimum atomic E-state index is -3.74. The molecule has 32 heavy (non-hydrogen) atoms. The molecule has 0 atom stereocenters. The zero-order valence-electron chi connectivity index (χ0n) is 16.9. The third kappa shape index (κ3) is 6.72. The summed E-state index contributed by atoms with van der Waals surface area (Å²) in [6.07, 6.45) is 1.51. The van der Waals surface area contributed by atoms with E-state index in [4.69, 9.17) is 21.7 Å². The summed E-state index contributed by atoms with van der Waals surface area (Å²) in [7, 11) is -2.16. The van der Waals surface area contributed by atoms with Gasteiger partial charge in [-0.05, 0) is 60.7 Å². The van der Waals surface area contributed by atoms with Crippen LogP contribution in [0.3, 0.4) is 0 Å². The first-order chi connectivity index (χ1) is 15.4. The number of nitrogens with one attached hydrogen (secondary N) is 3. The van der Waals surface area contributed by atoms with Gasteiger partial charge in [0.05, 0.1) is 11.5 Å². The number of aromatic nitrogens is 1. The largest absolute Gasteiger partial charge is 0.491 e. The molecule has 0 saturated carbocycles. The van der Waals surface area contributed by atoms with Gasteiger partial charge >= 0.3 is 0 Å². The molecule has 1 heterocycles. The average molecular weight is 493 g/mol. The first-order valence-corrected chi connectivity index (χ1v) is 12.0. The number of rotatable bonds is 9. The zero-order chi connectivity index (χ0) is 23.0. The highest BCUT2D eigenvalue weighted by Crippen LogP contribution is 2.19. The lowest BCUT2D eigenvalue weighted by molar-refractivity contribution is 0.0977. The van der Waals surface area contributed by atoms with Gasteiger partial charge in [-0.15, -0.1) is 11.3 Å². The Balaban J connectivity index is 1.53. The summed E-state index contributed by atoms with van der Waals surface area (Å²) in [5, 5.41) is 7.45. The second-order valence-electron chi connectivity index (χ2n) is 6.24. The van der Waals surface area contributed by atoms with Gasteiger partial charge in [0.15, 0.2) is 10.2 Å². The van der Waals surface area contributed by atoms with Crippen molar-refractivity contribution in [2.75, 3.05) is 30.4 Å². The molecule has 0 saturated heterocycles. The number of amides is 1. The average Bonchev–Trinajstić information content (AvgIpc) is 3.27. The Bertz CT molecular complexity index is 1150. The van der Waals surface area contributed by atoms with Gasteiger partial charge in [-0.3, -0.25) is 14.8 Å². The highest BCUT2D eigenvalue weighted by atomic mass is 32.2. The van der Waals surface area contributed by atoms with Crippen LogP contribution in [0.4, 0.5) is 10.8 Å². The Morgan fingerprint density at radius 3 is 2.44 bits per heavy atom. The number of sulfonamides is 1. The number of carbonyl (C=O) groups is 1. The van der Waals surface area contributed by atoms with E-state index in [0.29, 0.717) is 30.2 Å². The number of carbonyl (C=O) groups excluding carboxylic acids is 1. The van der Waals surface area contributed by atoms with Gasteiger partial charge in [-0.1, -0.05) is 0 Å². The lowest BCUT2D eigenvalue weighted by atomic mass is 10.2. The fraction of sp³-hybridized carbons (Fsp3) is 0.150. The van der Waals surface area contributed by atoms with E-state index in [9.17, 15) is 13.2 Å². The van der Waals surface area contributed by atoms with Crippen molar-refractivity contribution in [3.63, 3.8) is 0 Å². The molecule has 3 rings (SSSR count). The smallest absolute Gasteiger partial charge is 0.263 e. The minimum absolute atomic E-state index is 0.0704. The summed E-state index contributed by atoms with van der Waals surface area (Å²) < 4.78 is 37.5. The van der Waals surface area contributed by atoms with E-state index in [0.717, 1.165) is 0 Å². The van der Waals surface area contributed by atoms with Crippen LogP contribution < -0.4 is 20.1 Å². The molecule has 0 spiro atoms. The lowest BCUT2D eigenvalue weighted by Gasteiger charge is -2.11. The Morgan fingerprint density at radius 1 is 1.09 bits per heavy atom. The number of hydrogen-bond acceptors (Lipinski definition) is 8. The standard InChI is InChI=1S/C20H20N4O5S3/c1-28-11-12-29-16-6-2-14(3-7-16)18(25)23-19(30)22-15-4-8-17(9-5-15)32(26,27)24-20-21-10-13-31-20/h2-10,13H,11-12H2,1H3,(H,21,24)(H2,22,23,25,30). The Kier molecular flexibility index (Phi) is 8.11. The van der Waals surface area contributed by atoms with Crippen molar-refractivity contribution in [2.45, 2.75) is 4.90 Å². The zero-order valence-corrected chi connectivity index (χ0v) is 19.4. The minimum Gasteiger partial charge on any atom is -0.491 e. The van der Waals surface area contributed by atoms with Crippen LogP contribution in [-0.2, 0) is 14.8 Å². The van der Waals surface area contributed by atoms with Crippen molar-refractivity contribution >= 4 is 55.4 Å². The molecule has 3 N–H and O–H groups in total. The van der Waals surface area contributed by atoms with Crippen molar-refractivity contribution in [3.8, 4) is 5.75 Å². The third-order valence-electron chi connectivity index (χ3n) is 3.98. The Labute approximate surface area is 194 Å². The fourth-order valence-corrected chi connectivity index (χ4v) is 4.45. The van der Waals surface area contributed by atoms with E-state index in [1.54, 1.807) is 48.9 Å². The maximum Gasteiger partial charge on any atom is 0.263 e. The summed E-state index contributed by atoms with van der Waals surface area (Å²) in [6, 6.07) is 12.5. The van der Waals surface area contributed by atoms with Crippen molar-refractivity contribution in [3.05, 3.63) is 65.7 Å². The third-order valence-corrected chi connectivity index (χ3v) is 6.35. The second kappa shape index (κ2) is 11.0. The van der Waals surface area contributed by atoms with E-state index >= 15 is 0 Å². The molecule has 2 aromatic carbocycles.